The number of carbonyl (C=O) groups excluding carboxylic acids is 2. The minimum Gasteiger partial charge on any atom is -0.468 e. The van der Waals surface area contributed by atoms with E-state index in [-0.39, 0.29) is 17.6 Å². The van der Waals surface area contributed by atoms with E-state index < -0.39 is 5.92 Å². The normalized spacial score (nSPS) is 15.1. The second-order valence-corrected chi connectivity index (χ2v) is 9.64. The number of anilines is 2. The van der Waals surface area contributed by atoms with Crippen LogP contribution in [0.15, 0.2) is 117 Å². The first kappa shape index (κ1) is 24.9. The van der Waals surface area contributed by atoms with Crippen LogP contribution in [-0.4, -0.2) is 17.6 Å². The molecule has 0 spiro atoms. The molecule has 0 unspecified atom stereocenters. The van der Waals surface area contributed by atoms with Gasteiger partial charge in [-0.3, -0.25) is 9.59 Å². The number of fused-ring (bicyclic) bond motifs is 1. The monoisotopic (exact) mass is 520 g/mol. The van der Waals surface area contributed by atoms with Gasteiger partial charge in [-0.2, -0.15) is 5.26 Å². The van der Waals surface area contributed by atoms with Crippen molar-refractivity contribution in [2.75, 3.05) is 16.4 Å². The Hall–Kier alpha value is -4.74. The molecule has 1 aliphatic rings. The van der Waals surface area contributed by atoms with Gasteiger partial charge in [0.25, 0.3) is 5.91 Å². The molecule has 0 aliphatic carbocycles. The zero-order valence-electron chi connectivity index (χ0n) is 20.5. The van der Waals surface area contributed by atoms with Gasteiger partial charge in [-0.15, -0.1) is 0 Å². The van der Waals surface area contributed by atoms with Gasteiger partial charge < -0.3 is 20.4 Å². The minimum absolute atomic E-state index is 0.0699. The van der Waals surface area contributed by atoms with E-state index in [1.807, 2.05) is 60.7 Å². The predicted molar refractivity (Wildman–Crippen MR) is 150 cm³/mol. The lowest BCUT2D eigenvalue weighted by Crippen LogP contribution is -2.31. The summed E-state index contributed by atoms with van der Waals surface area (Å²) in [6, 6.07) is 28.4. The molecule has 1 aromatic heterocycles. The van der Waals surface area contributed by atoms with Crippen LogP contribution in [0.2, 0.25) is 0 Å². The van der Waals surface area contributed by atoms with Crippen molar-refractivity contribution in [3.8, 4) is 6.07 Å². The molecule has 2 heterocycles. The highest BCUT2D eigenvalue weighted by molar-refractivity contribution is 8.03. The van der Waals surface area contributed by atoms with E-state index in [0.717, 1.165) is 16.5 Å². The fourth-order valence-corrected chi connectivity index (χ4v) is 5.34. The molecule has 0 radical (unpaired) electrons. The molecular weight excluding hydrogens is 496 g/mol. The molecule has 0 fully saturated rings. The van der Waals surface area contributed by atoms with Gasteiger partial charge >= 0.3 is 0 Å². The van der Waals surface area contributed by atoms with Gasteiger partial charge in [0.15, 0.2) is 0 Å². The van der Waals surface area contributed by atoms with Crippen molar-refractivity contribution in [1.29, 1.82) is 5.26 Å². The van der Waals surface area contributed by atoms with Crippen molar-refractivity contribution in [2.45, 2.75) is 12.8 Å². The number of hydrogen-bond donors (Lipinski definition) is 3. The second kappa shape index (κ2) is 11.1. The SMILES string of the molecule is CC1=C(C(=O)Nc2ccccc2)[C@H](c2ccco2)C(C#N)=C(SCC(=O)Nc2cccc3ccccc23)N1. The van der Waals surface area contributed by atoms with Crippen molar-refractivity contribution in [3.63, 3.8) is 0 Å². The Bertz CT molecular complexity index is 1600. The molecule has 188 valence electrons. The summed E-state index contributed by atoms with van der Waals surface area (Å²) >= 11 is 1.21. The molecule has 5 rings (SSSR count). The van der Waals surface area contributed by atoms with Crippen LogP contribution in [-0.2, 0) is 9.59 Å². The van der Waals surface area contributed by atoms with Crippen LogP contribution in [0.25, 0.3) is 10.8 Å². The van der Waals surface area contributed by atoms with Crippen molar-refractivity contribution in [3.05, 3.63) is 119 Å². The molecule has 7 nitrogen and oxygen atoms in total. The first-order valence-corrected chi connectivity index (χ1v) is 13.0. The third kappa shape index (κ3) is 5.19. The molecule has 1 aliphatic heterocycles. The molecule has 2 amide bonds. The number of allylic oxidation sites excluding steroid dienone is 2. The smallest absolute Gasteiger partial charge is 0.254 e. The molecular formula is C30H24N4O3S. The van der Waals surface area contributed by atoms with Crippen LogP contribution >= 0.6 is 11.8 Å². The molecule has 3 aromatic carbocycles. The van der Waals surface area contributed by atoms with Gasteiger partial charge in [0.2, 0.25) is 5.91 Å². The fourth-order valence-electron chi connectivity index (χ4n) is 4.45. The van der Waals surface area contributed by atoms with E-state index >= 15 is 0 Å². The van der Waals surface area contributed by atoms with E-state index in [9.17, 15) is 14.9 Å². The summed E-state index contributed by atoms with van der Waals surface area (Å²) in [6.45, 7) is 1.78. The number of amides is 2. The molecule has 0 saturated carbocycles. The third-order valence-corrected chi connectivity index (χ3v) is 7.18. The number of thioether (sulfide) groups is 1. The van der Waals surface area contributed by atoms with Crippen LogP contribution in [0.4, 0.5) is 11.4 Å². The van der Waals surface area contributed by atoms with Crippen molar-refractivity contribution in [1.82, 2.24) is 5.32 Å². The number of nitriles is 1. The zero-order valence-corrected chi connectivity index (χ0v) is 21.3. The molecule has 3 N–H and O–H groups in total. The van der Waals surface area contributed by atoms with Crippen molar-refractivity contribution < 1.29 is 14.0 Å². The maximum Gasteiger partial charge on any atom is 0.254 e. The molecule has 38 heavy (non-hydrogen) atoms. The lowest BCUT2D eigenvalue weighted by atomic mass is 9.85. The van der Waals surface area contributed by atoms with Crippen LogP contribution in [0.5, 0.6) is 0 Å². The summed E-state index contributed by atoms with van der Waals surface area (Å²) in [5.74, 6) is -0.724. The van der Waals surface area contributed by atoms with E-state index in [2.05, 4.69) is 22.0 Å². The van der Waals surface area contributed by atoms with Crippen LogP contribution in [0.1, 0.15) is 18.6 Å². The number of hydrogen-bond acceptors (Lipinski definition) is 6. The Labute approximate surface area is 224 Å². The second-order valence-electron chi connectivity index (χ2n) is 8.65. The Morgan fingerprint density at radius 2 is 1.74 bits per heavy atom. The lowest BCUT2D eigenvalue weighted by Gasteiger charge is -2.28. The fraction of sp³-hybridized carbons (Fsp3) is 0.100. The molecule has 0 saturated heterocycles. The summed E-state index contributed by atoms with van der Waals surface area (Å²) in [5, 5.41) is 21.7. The molecule has 0 bridgehead atoms. The molecule has 1 atom stereocenters. The number of dihydropyridines is 1. The maximum absolute atomic E-state index is 13.4. The summed E-state index contributed by atoms with van der Waals surface area (Å²) in [6.07, 6.45) is 1.51. The number of nitrogens with zero attached hydrogens (tertiary/aromatic N) is 1. The number of para-hydroxylation sites is 1. The maximum atomic E-state index is 13.4. The summed E-state index contributed by atoms with van der Waals surface area (Å²) in [4.78, 5) is 26.3. The quantitative estimate of drug-likeness (QED) is 0.270. The van der Waals surface area contributed by atoms with Gasteiger partial charge in [0, 0.05) is 22.5 Å². The van der Waals surface area contributed by atoms with Gasteiger partial charge in [0.1, 0.15) is 5.76 Å². The zero-order chi connectivity index (χ0) is 26.5. The topological polar surface area (TPSA) is 107 Å². The van der Waals surface area contributed by atoms with E-state index in [1.54, 1.807) is 31.2 Å². The highest BCUT2D eigenvalue weighted by atomic mass is 32.2. The third-order valence-electron chi connectivity index (χ3n) is 6.16. The summed E-state index contributed by atoms with van der Waals surface area (Å²) in [7, 11) is 0. The van der Waals surface area contributed by atoms with Gasteiger partial charge in [0.05, 0.1) is 40.2 Å². The van der Waals surface area contributed by atoms with E-state index in [4.69, 9.17) is 4.42 Å². The van der Waals surface area contributed by atoms with Gasteiger partial charge in [-0.05, 0) is 42.6 Å². The lowest BCUT2D eigenvalue weighted by molar-refractivity contribution is -0.114. The Kier molecular flexibility index (Phi) is 7.29. The Balaban J connectivity index is 1.38. The number of nitrogens with one attached hydrogen (secondary N) is 3. The standard InChI is InChI=1S/C30H24N4O3S/c1-19-27(29(36)33-21-11-3-2-4-12-21)28(25-15-8-16-37-25)23(17-31)30(32-19)38-18-26(35)34-24-14-7-10-20-9-5-6-13-22(20)24/h2-16,28,32H,18H2,1H3,(H,33,36)(H,34,35)/t28-/m0/s1. The van der Waals surface area contributed by atoms with Crippen LogP contribution in [0, 0.1) is 11.3 Å². The highest BCUT2D eigenvalue weighted by Crippen LogP contribution is 2.41. The first-order valence-electron chi connectivity index (χ1n) is 12.0. The van der Waals surface area contributed by atoms with Crippen LogP contribution < -0.4 is 16.0 Å². The largest absolute Gasteiger partial charge is 0.468 e. The highest BCUT2D eigenvalue weighted by Gasteiger charge is 2.36. The Morgan fingerprint density at radius 3 is 2.50 bits per heavy atom. The summed E-state index contributed by atoms with van der Waals surface area (Å²) in [5.41, 5.74) is 2.64. The first-order chi connectivity index (χ1) is 18.5. The van der Waals surface area contributed by atoms with Gasteiger partial charge in [-0.1, -0.05) is 66.4 Å². The van der Waals surface area contributed by atoms with E-state index in [0.29, 0.717) is 33.3 Å². The molecule has 8 heteroatoms. The number of rotatable bonds is 7. The van der Waals surface area contributed by atoms with Gasteiger partial charge in [-0.25, -0.2) is 0 Å². The average Bonchev–Trinajstić information content (AvgIpc) is 3.47. The van der Waals surface area contributed by atoms with E-state index in [1.165, 1.54) is 18.0 Å². The van der Waals surface area contributed by atoms with Crippen molar-refractivity contribution >= 4 is 45.7 Å². The number of furan rings is 1. The minimum atomic E-state index is -0.719. The summed E-state index contributed by atoms with van der Waals surface area (Å²) < 4.78 is 5.66. The number of benzene rings is 3. The Morgan fingerprint density at radius 1 is 0.974 bits per heavy atom. The average molecular weight is 521 g/mol. The van der Waals surface area contributed by atoms with Crippen LogP contribution in [0.3, 0.4) is 0 Å². The number of carbonyl (C=O) groups is 2. The predicted octanol–water partition coefficient (Wildman–Crippen LogP) is 6.14. The van der Waals surface area contributed by atoms with Crippen molar-refractivity contribution in [2.24, 2.45) is 0 Å². The molecule has 4 aromatic rings.